The van der Waals surface area contributed by atoms with Gasteiger partial charge >= 0.3 is 0 Å². The monoisotopic (exact) mass is 891 g/mol. The minimum Gasteiger partial charge on any atom is -0.310 e. The van der Waals surface area contributed by atoms with E-state index in [1.54, 1.807) is 0 Å². The lowest BCUT2D eigenvalue weighted by molar-refractivity contribution is 0.794. The Labute approximate surface area is 411 Å². The van der Waals surface area contributed by atoms with Gasteiger partial charge in [0.25, 0.3) is 0 Å². The molecule has 11 aromatic carbocycles. The molecule has 70 heavy (non-hydrogen) atoms. The molecule has 1 spiro atoms. The van der Waals surface area contributed by atoms with Gasteiger partial charge in [0.2, 0.25) is 0 Å². The van der Waals surface area contributed by atoms with Crippen LogP contribution < -0.4 is 4.90 Å². The van der Waals surface area contributed by atoms with Gasteiger partial charge in [-0.3, -0.25) is 0 Å². The molecule has 0 unspecified atom stereocenters. The molecule has 2 aliphatic carbocycles. The lowest BCUT2D eigenvalue weighted by Gasteiger charge is -2.31. The fourth-order valence-electron chi connectivity index (χ4n) is 11.7. The zero-order chi connectivity index (χ0) is 46.8. The van der Waals surface area contributed by atoms with Gasteiger partial charge in [0.1, 0.15) is 0 Å². The number of benzene rings is 11. The predicted octanol–water partition coefficient (Wildman–Crippen LogP) is 18.5. The van der Waals surface area contributed by atoms with Crippen molar-refractivity contribution < 1.29 is 0 Å². The number of aryl methyl sites for hydroxylation is 2. The average Bonchev–Trinajstić information content (AvgIpc) is 3.90. The van der Waals surface area contributed by atoms with Gasteiger partial charge in [-0.25, -0.2) is 0 Å². The first-order chi connectivity index (χ1) is 34.5. The Morgan fingerprint density at radius 2 is 0.671 bits per heavy atom. The number of anilines is 3. The van der Waals surface area contributed by atoms with Crippen LogP contribution in [0, 0.1) is 13.8 Å². The maximum absolute atomic E-state index is 2.53. The molecule has 0 aromatic heterocycles. The Hall–Kier alpha value is -8.78. The Morgan fingerprint density at radius 1 is 0.257 bits per heavy atom. The second-order valence-electron chi connectivity index (χ2n) is 18.9. The van der Waals surface area contributed by atoms with Gasteiger partial charge in [0.05, 0.1) is 5.41 Å². The fraction of sp³-hybridized carbons (Fsp3) is 0.0435. The number of fused-ring (bicyclic) bond motifs is 10. The first-order valence-electron chi connectivity index (χ1n) is 24.4. The van der Waals surface area contributed by atoms with E-state index in [-0.39, 0.29) is 0 Å². The Morgan fingerprint density at radius 3 is 1.20 bits per heavy atom. The normalized spacial score (nSPS) is 12.5. The van der Waals surface area contributed by atoms with E-state index in [1.807, 2.05) is 0 Å². The topological polar surface area (TPSA) is 3.24 Å². The molecular weight excluding hydrogens is 843 g/mol. The summed E-state index contributed by atoms with van der Waals surface area (Å²) in [5.74, 6) is 0. The molecule has 0 N–H and O–H groups in total. The van der Waals surface area contributed by atoms with E-state index in [2.05, 4.69) is 280 Å². The highest BCUT2D eigenvalue weighted by Gasteiger charge is 2.52. The molecule has 0 saturated carbocycles. The number of nitrogens with zero attached hydrogens (tertiary/aromatic N) is 1. The number of rotatable bonds is 8. The van der Waals surface area contributed by atoms with E-state index in [1.165, 1.54) is 111 Å². The number of hydrogen-bond acceptors (Lipinski definition) is 1. The highest BCUT2D eigenvalue weighted by molar-refractivity contribution is 6.01. The summed E-state index contributed by atoms with van der Waals surface area (Å²) in [7, 11) is 0. The predicted molar refractivity (Wildman–Crippen MR) is 294 cm³/mol. The third-order valence-electron chi connectivity index (χ3n) is 15.0. The van der Waals surface area contributed by atoms with Gasteiger partial charge in [-0.1, -0.05) is 218 Å². The van der Waals surface area contributed by atoms with Crippen molar-refractivity contribution in [2.75, 3.05) is 4.90 Å². The first-order valence-corrected chi connectivity index (χ1v) is 24.4. The van der Waals surface area contributed by atoms with Crippen molar-refractivity contribution in [2.24, 2.45) is 0 Å². The van der Waals surface area contributed by atoms with Crippen LogP contribution in [0.25, 0.3) is 77.9 Å². The van der Waals surface area contributed by atoms with Crippen molar-refractivity contribution >= 4 is 17.1 Å². The van der Waals surface area contributed by atoms with Gasteiger partial charge in [-0.05, 0) is 168 Å². The molecule has 1 nitrogen and oxygen atoms in total. The van der Waals surface area contributed by atoms with E-state index >= 15 is 0 Å². The van der Waals surface area contributed by atoms with E-state index in [4.69, 9.17) is 0 Å². The quantitative estimate of drug-likeness (QED) is 0.147. The number of hydrogen-bond donors (Lipinski definition) is 0. The zero-order valence-corrected chi connectivity index (χ0v) is 39.3. The maximum Gasteiger partial charge on any atom is 0.0725 e. The standard InChI is InChI=1S/C69H49N/c1-46-44-67(70(56-38-33-52(34-39-56)49-19-8-4-9-20-49)57-40-35-53(36-41-57)50-21-10-5-11-22-50)47(2)43-62(46)55-37-42-61-66(45-55)69(63-26-14-12-23-59(63)60-24-13-15-27-64(60)69)65-28-16-25-58(68(61)65)54-31-29-51(30-32-54)48-17-6-3-7-18-48/h3-45H,1-2H3. The highest BCUT2D eigenvalue weighted by Crippen LogP contribution is 2.64. The van der Waals surface area contributed by atoms with Crippen LogP contribution in [0.15, 0.2) is 261 Å². The fourth-order valence-corrected chi connectivity index (χ4v) is 11.7. The van der Waals surface area contributed by atoms with Crippen molar-refractivity contribution in [3.05, 3.63) is 294 Å². The lowest BCUT2D eigenvalue weighted by Crippen LogP contribution is -2.25. The molecule has 2 aliphatic rings. The van der Waals surface area contributed by atoms with Crippen molar-refractivity contribution in [1.82, 2.24) is 0 Å². The summed E-state index contributed by atoms with van der Waals surface area (Å²) in [4.78, 5) is 2.42. The van der Waals surface area contributed by atoms with Crippen LogP contribution in [0.1, 0.15) is 33.4 Å². The van der Waals surface area contributed by atoms with E-state index < -0.39 is 5.41 Å². The molecule has 13 rings (SSSR count). The minimum absolute atomic E-state index is 0.481. The summed E-state index contributed by atoms with van der Waals surface area (Å²) in [5, 5.41) is 0. The van der Waals surface area contributed by atoms with E-state index in [0.29, 0.717) is 0 Å². The second-order valence-corrected chi connectivity index (χ2v) is 18.9. The molecule has 0 amide bonds. The Balaban J connectivity index is 0.961. The second kappa shape index (κ2) is 16.8. The molecule has 330 valence electrons. The molecule has 11 aromatic rings. The van der Waals surface area contributed by atoms with Crippen LogP contribution in [0.5, 0.6) is 0 Å². The van der Waals surface area contributed by atoms with Crippen LogP contribution in [0.2, 0.25) is 0 Å². The van der Waals surface area contributed by atoms with Crippen LogP contribution in [0.3, 0.4) is 0 Å². The van der Waals surface area contributed by atoms with Gasteiger partial charge < -0.3 is 4.90 Å². The SMILES string of the molecule is Cc1cc(N(c2ccc(-c3ccccc3)cc2)c2ccc(-c3ccccc3)cc2)c(C)cc1-c1ccc2c(c1)C1(c3ccccc3-c3ccccc31)c1cccc(-c3ccc(-c4ccccc4)cc3)c1-2. The Kier molecular flexibility index (Phi) is 9.92. The van der Waals surface area contributed by atoms with Gasteiger partial charge in [-0.15, -0.1) is 0 Å². The van der Waals surface area contributed by atoms with Crippen LogP contribution in [0.4, 0.5) is 17.1 Å². The van der Waals surface area contributed by atoms with Crippen LogP contribution in [-0.4, -0.2) is 0 Å². The smallest absolute Gasteiger partial charge is 0.0725 e. The van der Waals surface area contributed by atoms with Crippen molar-refractivity contribution in [1.29, 1.82) is 0 Å². The summed E-state index contributed by atoms with van der Waals surface area (Å²) < 4.78 is 0. The summed E-state index contributed by atoms with van der Waals surface area (Å²) in [6.07, 6.45) is 0. The van der Waals surface area contributed by atoms with Crippen LogP contribution >= 0.6 is 0 Å². The molecule has 0 atom stereocenters. The molecule has 0 radical (unpaired) electrons. The highest BCUT2D eigenvalue weighted by atomic mass is 15.1. The molecule has 0 fully saturated rings. The van der Waals surface area contributed by atoms with E-state index in [9.17, 15) is 0 Å². The average molecular weight is 892 g/mol. The summed E-state index contributed by atoms with van der Waals surface area (Å²) in [6.45, 7) is 4.55. The molecular formula is C69H49N. The van der Waals surface area contributed by atoms with Crippen molar-refractivity contribution in [3.63, 3.8) is 0 Å². The zero-order valence-electron chi connectivity index (χ0n) is 39.3. The van der Waals surface area contributed by atoms with Gasteiger partial charge in [0, 0.05) is 17.1 Å². The van der Waals surface area contributed by atoms with Crippen molar-refractivity contribution in [3.8, 4) is 77.9 Å². The largest absolute Gasteiger partial charge is 0.310 e. The van der Waals surface area contributed by atoms with E-state index in [0.717, 1.165) is 17.1 Å². The third-order valence-corrected chi connectivity index (χ3v) is 15.0. The molecule has 1 heteroatoms. The summed E-state index contributed by atoms with van der Waals surface area (Å²) in [6, 6.07) is 96.5. The summed E-state index contributed by atoms with van der Waals surface area (Å²) >= 11 is 0. The Bertz CT molecular complexity index is 3610. The van der Waals surface area contributed by atoms with Gasteiger partial charge in [-0.2, -0.15) is 0 Å². The molecule has 0 saturated heterocycles. The molecule has 0 aliphatic heterocycles. The summed E-state index contributed by atoms with van der Waals surface area (Å²) in [5.41, 5.74) is 28.2. The third kappa shape index (κ3) is 6.61. The maximum atomic E-state index is 2.53. The van der Waals surface area contributed by atoms with Crippen LogP contribution in [-0.2, 0) is 5.41 Å². The molecule has 0 heterocycles. The van der Waals surface area contributed by atoms with Crippen molar-refractivity contribution in [2.45, 2.75) is 19.3 Å². The van der Waals surface area contributed by atoms with Gasteiger partial charge in [0.15, 0.2) is 0 Å². The minimum atomic E-state index is -0.481. The lowest BCUT2D eigenvalue weighted by atomic mass is 9.70. The first kappa shape index (κ1) is 41.4. The molecule has 0 bridgehead atoms.